The highest BCUT2D eigenvalue weighted by molar-refractivity contribution is 7.98. The van der Waals surface area contributed by atoms with E-state index < -0.39 is 11.8 Å². The van der Waals surface area contributed by atoms with Crippen LogP contribution in [0.2, 0.25) is 0 Å². The van der Waals surface area contributed by atoms with Crippen LogP contribution in [0.3, 0.4) is 0 Å². The van der Waals surface area contributed by atoms with Crippen molar-refractivity contribution in [2.45, 2.75) is 17.7 Å². The largest absolute Gasteiger partial charge is 0.496 e. The van der Waals surface area contributed by atoms with Crippen LogP contribution in [0.4, 0.5) is 10.2 Å². The van der Waals surface area contributed by atoms with E-state index in [9.17, 15) is 9.18 Å². The number of aromatic nitrogens is 2. The SMILES string of the molecule is COc1cc(-c2nc3ccc(F)cn3c2NCCCC(=O)O)c(OC)cc1SC. The lowest BCUT2D eigenvalue weighted by molar-refractivity contribution is -0.137. The standard InChI is InChI=1S/C20H22FN3O4S/c1-27-14-10-16(29-3)15(28-2)9-13(14)19-20(22-8-4-5-18(25)26)24-11-12(21)6-7-17(24)23-19/h6-7,9-11,22H,4-5,8H2,1-3H3,(H,25,26). The number of ether oxygens (including phenoxy) is 2. The molecule has 0 fully saturated rings. The van der Waals surface area contributed by atoms with Crippen LogP contribution in [0.5, 0.6) is 11.5 Å². The average Bonchev–Trinajstić information content (AvgIpc) is 3.07. The fourth-order valence-corrected chi connectivity index (χ4v) is 3.60. The van der Waals surface area contributed by atoms with Gasteiger partial charge in [-0.1, -0.05) is 0 Å². The quantitative estimate of drug-likeness (QED) is 0.398. The van der Waals surface area contributed by atoms with Crippen LogP contribution in [-0.2, 0) is 4.79 Å². The van der Waals surface area contributed by atoms with Crippen molar-refractivity contribution in [1.29, 1.82) is 0 Å². The first-order valence-corrected chi connectivity index (χ1v) is 10.1. The molecule has 0 aliphatic carbocycles. The third kappa shape index (κ3) is 4.40. The Balaban J connectivity index is 2.13. The lowest BCUT2D eigenvalue weighted by atomic mass is 10.1. The number of carboxylic acids is 1. The van der Waals surface area contributed by atoms with E-state index in [4.69, 9.17) is 14.6 Å². The number of fused-ring (bicyclic) bond motifs is 1. The van der Waals surface area contributed by atoms with Crippen molar-refractivity contribution in [3.8, 4) is 22.8 Å². The maximum absolute atomic E-state index is 13.9. The number of halogens is 1. The Labute approximate surface area is 171 Å². The van der Waals surface area contributed by atoms with Crippen molar-refractivity contribution in [3.63, 3.8) is 0 Å². The van der Waals surface area contributed by atoms with Gasteiger partial charge in [-0.15, -0.1) is 11.8 Å². The van der Waals surface area contributed by atoms with Crippen LogP contribution in [0.1, 0.15) is 12.8 Å². The number of nitrogens with zero attached hydrogens (tertiary/aromatic N) is 2. The first-order valence-electron chi connectivity index (χ1n) is 8.92. The van der Waals surface area contributed by atoms with E-state index in [2.05, 4.69) is 10.3 Å². The zero-order valence-electron chi connectivity index (χ0n) is 16.4. The van der Waals surface area contributed by atoms with E-state index in [1.165, 1.54) is 24.0 Å². The highest BCUT2D eigenvalue weighted by Gasteiger charge is 2.20. The second-order valence-electron chi connectivity index (χ2n) is 6.22. The lowest BCUT2D eigenvalue weighted by Gasteiger charge is -2.14. The number of rotatable bonds is 9. The number of nitrogens with one attached hydrogen (secondary N) is 1. The lowest BCUT2D eigenvalue weighted by Crippen LogP contribution is -2.08. The minimum Gasteiger partial charge on any atom is -0.496 e. The first-order chi connectivity index (χ1) is 14.0. The molecule has 0 radical (unpaired) electrons. The molecular weight excluding hydrogens is 397 g/mol. The molecule has 29 heavy (non-hydrogen) atoms. The number of aliphatic carboxylic acids is 1. The molecule has 3 rings (SSSR count). The fraction of sp³-hybridized carbons (Fsp3) is 0.300. The van der Waals surface area contributed by atoms with Gasteiger partial charge in [0.25, 0.3) is 0 Å². The molecule has 0 aliphatic heterocycles. The molecule has 9 heteroatoms. The van der Waals surface area contributed by atoms with Crippen molar-refractivity contribution in [2.75, 3.05) is 32.3 Å². The van der Waals surface area contributed by atoms with E-state index in [0.29, 0.717) is 47.2 Å². The number of carbonyl (C=O) groups is 1. The molecule has 0 bridgehead atoms. The summed E-state index contributed by atoms with van der Waals surface area (Å²) in [6.07, 6.45) is 3.74. The zero-order valence-corrected chi connectivity index (χ0v) is 17.2. The fourth-order valence-electron chi connectivity index (χ4n) is 3.04. The minimum atomic E-state index is -0.865. The van der Waals surface area contributed by atoms with Crippen LogP contribution < -0.4 is 14.8 Å². The van der Waals surface area contributed by atoms with E-state index in [0.717, 1.165) is 4.90 Å². The minimum absolute atomic E-state index is 0.0347. The van der Waals surface area contributed by atoms with Crippen molar-refractivity contribution >= 4 is 29.2 Å². The molecule has 2 heterocycles. The molecule has 0 amide bonds. The number of imidazole rings is 1. The molecule has 154 valence electrons. The summed E-state index contributed by atoms with van der Waals surface area (Å²) in [5.74, 6) is 0.565. The highest BCUT2D eigenvalue weighted by atomic mass is 32.2. The van der Waals surface area contributed by atoms with Gasteiger partial charge >= 0.3 is 5.97 Å². The Bertz CT molecular complexity index is 1040. The van der Waals surface area contributed by atoms with Gasteiger partial charge < -0.3 is 19.9 Å². The molecule has 2 aromatic heterocycles. The van der Waals surface area contributed by atoms with E-state index in [1.807, 2.05) is 18.4 Å². The van der Waals surface area contributed by atoms with Gasteiger partial charge in [0.2, 0.25) is 0 Å². The Morgan fingerprint density at radius 1 is 1.28 bits per heavy atom. The number of carboxylic acid groups (broad SMARTS) is 1. The van der Waals surface area contributed by atoms with E-state index >= 15 is 0 Å². The topological polar surface area (TPSA) is 85.1 Å². The van der Waals surface area contributed by atoms with Gasteiger partial charge in [0.15, 0.2) is 0 Å². The maximum atomic E-state index is 13.9. The maximum Gasteiger partial charge on any atom is 0.303 e. The van der Waals surface area contributed by atoms with Crippen LogP contribution in [0.25, 0.3) is 16.9 Å². The van der Waals surface area contributed by atoms with Gasteiger partial charge in [-0.3, -0.25) is 9.20 Å². The molecule has 0 saturated carbocycles. The van der Waals surface area contributed by atoms with Crippen LogP contribution in [-0.4, -0.2) is 47.5 Å². The predicted octanol–water partition coefficient (Wildman–Crippen LogP) is 4.16. The number of pyridine rings is 1. The number of anilines is 1. The van der Waals surface area contributed by atoms with Crippen LogP contribution in [0.15, 0.2) is 35.4 Å². The van der Waals surface area contributed by atoms with Crippen LogP contribution >= 0.6 is 11.8 Å². The number of hydrogen-bond acceptors (Lipinski definition) is 6. The first kappa shape index (κ1) is 20.8. The molecule has 1 aromatic carbocycles. The smallest absolute Gasteiger partial charge is 0.303 e. The molecule has 7 nitrogen and oxygen atoms in total. The van der Waals surface area contributed by atoms with E-state index in [-0.39, 0.29) is 6.42 Å². The monoisotopic (exact) mass is 419 g/mol. The molecule has 0 saturated heterocycles. The molecule has 0 spiro atoms. The van der Waals surface area contributed by atoms with Gasteiger partial charge in [-0.05, 0) is 36.9 Å². The van der Waals surface area contributed by atoms with E-state index in [1.54, 1.807) is 24.7 Å². The predicted molar refractivity (Wildman–Crippen MR) is 111 cm³/mol. The number of methoxy groups -OCH3 is 2. The number of hydrogen-bond donors (Lipinski definition) is 2. The van der Waals surface area contributed by atoms with Crippen molar-refractivity contribution in [2.24, 2.45) is 0 Å². The second kappa shape index (κ2) is 9.04. The number of thioether (sulfide) groups is 1. The Kier molecular flexibility index (Phi) is 6.48. The third-order valence-electron chi connectivity index (χ3n) is 4.40. The van der Waals surface area contributed by atoms with Crippen molar-refractivity contribution < 1.29 is 23.8 Å². The normalized spacial score (nSPS) is 10.9. The van der Waals surface area contributed by atoms with Crippen LogP contribution in [0, 0.1) is 5.82 Å². The molecule has 3 aromatic rings. The molecule has 0 atom stereocenters. The van der Waals surface area contributed by atoms with Gasteiger partial charge in [0.05, 0.1) is 19.1 Å². The molecule has 0 aliphatic rings. The Morgan fingerprint density at radius 2 is 2.03 bits per heavy atom. The molecule has 0 unspecified atom stereocenters. The van der Waals surface area contributed by atoms with Crippen molar-refractivity contribution in [1.82, 2.24) is 9.38 Å². The average molecular weight is 419 g/mol. The Morgan fingerprint density at radius 3 is 2.69 bits per heavy atom. The molecular formula is C20H22FN3O4S. The summed E-state index contributed by atoms with van der Waals surface area (Å²) in [5, 5.41) is 12.1. The summed E-state index contributed by atoms with van der Waals surface area (Å²) in [5.41, 5.74) is 1.80. The summed E-state index contributed by atoms with van der Waals surface area (Å²) in [6, 6.07) is 6.64. The number of benzene rings is 1. The van der Waals surface area contributed by atoms with Crippen molar-refractivity contribution in [3.05, 3.63) is 36.3 Å². The second-order valence-corrected chi connectivity index (χ2v) is 7.06. The Hall–Kier alpha value is -2.94. The zero-order chi connectivity index (χ0) is 21.0. The summed E-state index contributed by atoms with van der Waals surface area (Å²) in [4.78, 5) is 16.4. The van der Waals surface area contributed by atoms with Gasteiger partial charge in [0, 0.05) is 24.7 Å². The summed E-state index contributed by atoms with van der Waals surface area (Å²) < 4.78 is 26.6. The summed E-state index contributed by atoms with van der Waals surface area (Å²) in [7, 11) is 3.17. The summed E-state index contributed by atoms with van der Waals surface area (Å²) in [6.45, 7) is 0.395. The summed E-state index contributed by atoms with van der Waals surface area (Å²) >= 11 is 1.53. The third-order valence-corrected chi connectivity index (χ3v) is 5.16. The highest BCUT2D eigenvalue weighted by Crippen LogP contribution is 2.42. The molecule has 2 N–H and O–H groups in total. The van der Waals surface area contributed by atoms with Gasteiger partial charge in [-0.25, -0.2) is 9.37 Å². The van der Waals surface area contributed by atoms with Gasteiger partial charge in [0.1, 0.15) is 34.5 Å². The van der Waals surface area contributed by atoms with Gasteiger partial charge in [-0.2, -0.15) is 0 Å².